The van der Waals surface area contributed by atoms with Crippen molar-refractivity contribution in [3.63, 3.8) is 0 Å². The van der Waals surface area contributed by atoms with Crippen LogP contribution in [0.15, 0.2) is 18.3 Å². The Balaban J connectivity index is 1.97. The van der Waals surface area contributed by atoms with Crippen molar-refractivity contribution in [1.29, 1.82) is 0 Å². The fourth-order valence-electron chi connectivity index (χ4n) is 2.21. The molecule has 5 nitrogen and oxygen atoms in total. The Morgan fingerprint density at radius 2 is 2.44 bits per heavy atom. The van der Waals surface area contributed by atoms with Crippen LogP contribution in [-0.4, -0.2) is 37.6 Å². The van der Waals surface area contributed by atoms with Crippen LogP contribution in [0.2, 0.25) is 0 Å². The molecular formula is C13H20N4O. The molecule has 98 valence electrons. The van der Waals surface area contributed by atoms with Crippen LogP contribution < -0.4 is 15.5 Å². The van der Waals surface area contributed by atoms with Gasteiger partial charge in [-0.2, -0.15) is 0 Å². The molecule has 1 aliphatic rings. The Labute approximate surface area is 108 Å². The van der Waals surface area contributed by atoms with Crippen molar-refractivity contribution in [2.45, 2.75) is 25.3 Å². The van der Waals surface area contributed by atoms with Gasteiger partial charge in [-0.05, 0) is 31.5 Å². The third kappa shape index (κ3) is 3.20. The summed E-state index contributed by atoms with van der Waals surface area (Å²) in [6.45, 7) is 1.02. The van der Waals surface area contributed by atoms with Crippen molar-refractivity contribution in [3.8, 4) is 0 Å². The van der Waals surface area contributed by atoms with E-state index in [4.69, 9.17) is 0 Å². The predicted octanol–water partition coefficient (Wildman–Crippen LogP) is 1.23. The van der Waals surface area contributed by atoms with E-state index in [2.05, 4.69) is 15.6 Å². The molecular weight excluding hydrogens is 228 g/mol. The lowest BCUT2D eigenvalue weighted by molar-refractivity contribution is -0.116. The summed E-state index contributed by atoms with van der Waals surface area (Å²) in [7, 11) is 3.83. The molecule has 1 aromatic rings. The van der Waals surface area contributed by atoms with Gasteiger partial charge in [0.15, 0.2) is 5.82 Å². The predicted molar refractivity (Wildman–Crippen MR) is 72.8 cm³/mol. The molecule has 0 radical (unpaired) electrons. The third-order valence-electron chi connectivity index (χ3n) is 3.08. The first-order valence-electron chi connectivity index (χ1n) is 6.32. The average molecular weight is 248 g/mol. The Kier molecular flexibility index (Phi) is 4.15. The summed E-state index contributed by atoms with van der Waals surface area (Å²) in [5.41, 5.74) is 0.769. The third-order valence-corrected chi connectivity index (χ3v) is 3.08. The molecule has 0 spiro atoms. The van der Waals surface area contributed by atoms with E-state index in [0.717, 1.165) is 30.9 Å². The highest BCUT2D eigenvalue weighted by Gasteiger charge is 2.18. The highest BCUT2D eigenvalue weighted by molar-refractivity contribution is 5.93. The molecule has 1 amide bonds. The van der Waals surface area contributed by atoms with Crippen LogP contribution in [0.4, 0.5) is 11.5 Å². The van der Waals surface area contributed by atoms with E-state index in [0.29, 0.717) is 12.5 Å². The molecule has 0 bridgehead atoms. The fraction of sp³-hybridized carbons (Fsp3) is 0.538. The van der Waals surface area contributed by atoms with E-state index in [9.17, 15) is 4.79 Å². The number of hydrogen-bond donors (Lipinski definition) is 2. The van der Waals surface area contributed by atoms with Gasteiger partial charge < -0.3 is 15.5 Å². The van der Waals surface area contributed by atoms with Crippen LogP contribution in [-0.2, 0) is 4.79 Å². The average Bonchev–Trinajstić information content (AvgIpc) is 2.82. The number of nitrogens with zero attached hydrogens (tertiary/aromatic N) is 2. The molecule has 0 saturated carbocycles. The second-order valence-corrected chi connectivity index (χ2v) is 4.81. The van der Waals surface area contributed by atoms with Gasteiger partial charge in [0.1, 0.15) is 0 Å². The summed E-state index contributed by atoms with van der Waals surface area (Å²) >= 11 is 0. The maximum absolute atomic E-state index is 11.9. The minimum absolute atomic E-state index is 0.0468. The molecule has 2 N–H and O–H groups in total. The number of aromatic nitrogens is 1. The first kappa shape index (κ1) is 12.8. The standard InChI is InChI=1S/C13H20N4O/c1-17(2)13-11(6-4-8-15-13)16-12(18)9-10-5-3-7-14-10/h4,6,8,10,14H,3,5,7,9H2,1-2H3,(H,16,18). The lowest BCUT2D eigenvalue weighted by Crippen LogP contribution is -2.28. The summed E-state index contributed by atoms with van der Waals surface area (Å²) < 4.78 is 0. The lowest BCUT2D eigenvalue weighted by Gasteiger charge is -2.17. The fourth-order valence-corrected chi connectivity index (χ4v) is 2.21. The zero-order chi connectivity index (χ0) is 13.0. The second kappa shape index (κ2) is 5.82. The Hall–Kier alpha value is -1.62. The second-order valence-electron chi connectivity index (χ2n) is 4.81. The van der Waals surface area contributed by atoms with Gasteiger partial charge in [0.05, 0.1) is 5.69 Å². The van der Waals surface area contributed by atoms with Gasteiger partial charge in [-0.1, -0.05) is 0 Å². The molecule has 1 saturated heterocycles. The van der Waals surface area contributed by atoms with Crippen molar-refractivity contribution in [2.75, 3.05) is 30.9 Å². The molecule has 2 heterocycles. The maximum Gasteiger partial charge on any atom is 0.226 e. The van der Waals surface area contributed by atoms with Gasteiger partial charge >= 0.3 is 0 Å². The Morgan fingerprint density at radius 3 is 3.11 bits per heavy atom. The zero-order valence-corrected chi connectivity index (χ0v) is 10.9. The maximum atomic E-state index is 11.9. The van der Waals surface area contributed by atoms with Gasteiger partial charge in [0, 0.05) is 32.8 Å². The highest BCUT2D eigenvalue weighted by atomic mass is 16.1. The molecule has 1 fully saturated rings. The van der Waals surface area contributed by atoms with Crippen LogP contribution in [0.5, 0.6) is 0 Å². The van der Waals surface area contributed by atoms with Gasteiger partial charge in [0.25, 0.3) is 0 Å². The molecule has 1 aromatic heterocycles. The number of carbonyl (C=O) groups excluding carboxylic acids is 1. The van der Waals surface area contributed by atoms with Gasteiger partial charge in [-0.25, -0.2) is 4.98 Å². The van der Waals surface area contributed by atoms with Crippen molar-refractivity contribution in [2.24, 2.45) is 0 Å². The molecule has 0 aromatic carbocycles. The Morgan fingerprint density at radius 1 is 1.61 bits per heavy atom. The van der Waals surface area contributed by atoms with E-state index < -0.39 is 0 Å². The lowest BCUT2D eigenvalue weighted by atomic mass is 10.1. The molecule has 2 rings (SSSR count). The summed E-state index contributed by atoms with van der Waals surface area (Å²) in [5.74, 6) is 0.829. The minimum atomic E-state index is 0.0468. The number of pyridine rings is 1. The largest absolute Gasteiger partial charge is 0.361 e. The molecule has 1 unspecified atom stereocenters. The van der Waals surface area contributed by atoms with Crippen molar-refractivity contribution < 1.29 is 4.79 Å². The molecule has 0 aliphatic carbocycles. The Bertz CT molecular complexity index is 413. The first-order chi connectivity index (χ1) is 8.66. The summed E-state index contributed by atoms with van der Waals surface area (Å²) in [4.78, 5) is 18.1. The number of rotatable bonds is 4. The number of anilines is 2. The SMILES string of the molecule is CN(C)c1ncccc1NC(=O)CC1CCCN1. The first-order valence-corrected chi connectivity index (χ1v) is 6.32. The number of amides is 1. The van der Waals surface area contributed by atoms with Gasteiger partial charge in [-0.3, -0.25) is 4.79 Å². The van der Waals surface area contributed by atoms with E-state index >= 15 is 0 Å². The quantitative estimate of drug-likeness (QED) is 0.841. The summed E-state index contributed by atoms with van der Waals surface area (Å²) in [6.07, 6.45) is 4.50. The van der Waals surface area contributed by atoms with Crippen LogP contribution >= 0.6 is 0 Å². The topological polar surface area (TPSA) is 57.3 Å². The van der Waals surface area contributed by atoms with E-state index in [1.807, 2.05) is 31.1 Å². The van der Waals surface area contributed by atoms with Crippen LogP contribution in [0.3, 0.4) is 0 Å². The molecule has 1 atom stereocenters. The van der Waals surface area contributed by atoms with Crippen molar-refractivity contribution in [3.05, 3.63) is 18.3 Å². The van der Waals surface area contributed by atoms with Crippen LogP contribution in [0.25, 0.3) is 0 Å². The zero-order valence-electron chi connectivity index (χ0n) is 10.9. The normalized spacial score (nSPS) is 18.7. The van der Waals surface area contributed by atoms with Crippen LogP contribution in [0.1, 0.15) is 19.3 Å². The number of nitrogens with one attached hydrogen (secondary N) is 2. The summed E-state index contributed by atoms with van der Waals surface area (Å²) in [6, 6.07) is 4.03. The summed E-state index contributed by atoms with van der Waals surface area (Å²) in [5, 5.41) is 6.26. The molecule has 5 heteroatoms. The van der Waals surface area contributed by atoms with Gasteiger partial charge in [0.2, 0.25) is 5.91 Å². The minimum Gasteiger partial charge on any atom is -0.361 e. The monoisotopic (exact) mass is 248 g/mol. The van der Waals surface area contributed by atoms with Crippen molar-refractivity contribution in [1.82, 2.24) is 10.3 Å². The molecule has 1 aliphatic heterocycles. The smallest absolute Gasteiger partial charge is 0.226 e. The van der Waals surface area contributed by atoms with E-state index in [-0.39, 0.29) is 5.91 Å². The molecule has 18 heavy (non-hydrogen) atoms. The van der Waals surface area contributed by atoms with Gasteiger partial charge in [-0.15, -0.1) is 0 Å². The highest BCUT2D eigenvalue weighted by Crippen LogP contribution is 2.21. The number of hydrogen-bond acceptors (Lipinski definition) is 4. The number of carbonyl (C=O) groups is 1. The van der Waals surface area contributed by atoms with Crippen LogP contribution in [0, 0.1) is 0 Å². The van der Waals surface area contributed by atoms with E-state index in [1.165, 1.54) is 0 Å². The van der Waals surface area contributed by atoms with Crippen molar-refractivity contribution >= 4 is 17.4 Å². The van der Waals surface area contributed by atoms with E-state index in [1.54, 1.807) is 6.20 Å².